The molecule has 8 aromatic rings. The summed E-state index contributed by atoms with van der Waals surface area (Å²) in [4.78, 5) is 3.61. The molecule has 0 fully saturated rings. The van der Waals surface area contributed by atoms with Crippen LogP contribution in [0.15, 0.2) is 144 Å². The van der Waals surface area contributed by atoms with Crippen LogP contribution in [0.3, 0.4) is 0 Å². The van der Waals surface area contributed by atoms with Crippen LogP contribution >= 0.6 is 23.7 Å². The quantitative estimate of drug-likeness (QED) is 0.112. The number of anilines is 7. The molecule has 6 aliphatic heterocycles. The Labute approximate surface area is 376 Å². The molecule has 0 saturated heterocycles. The van der Waals surface area contributed by atoms with E-state index in [1.807, 2.05) is 0 Å². The zero-order chi connectivity index (χ0) is 41.8. The third-order valence-corrected chi connectivity index (χ3v) is 15.3. The van der Waals surface area contributed by atoms with Crippen LogP contribution in [-0.4, -0.2) is 32.6 Å². The predicted octanol–water partition coefficient (Wildman–Crippen LogP) is 7.46. The molecule has 0 spiro atoms. The summed E-state index contributed by atoms with van der Waals surface area (Å²) in [5, 5.41) is 3.94. The lowest BCUT2D eigenvalue weighted by Crippen LogP contribution is -2.64. The molecule has 0 bridgehead atoms. The molecule has 0 unspecified atom stereocenters. The van der Waals surface area contributed by atoms with Crippen molar-refractivity contribution < 1.29 is 14.2 Å². The SMILES string of the molecule is CSc1cc2c3c(c1)N(SC)c1cc4c(cc1B3c1ccccc1O2)B1c2cc3c(cc2Oc2cc(C)cc(c21)O4)Nc1cc(C)cc2c1B3c1ccccc1N2c1ccccc1. The van der Waals surface area contributed by atoms with Gasteiger partial charge in [0.05, 0.1) is 11.4 Å². The number of hydrogen-bond donors (Lipinski definition) is 1. The van der Waals surface area contributed by atoms with Crippen molar-refractivity contribution in [3.05, 3.63) is 151 Å². The maximum Gasteiger partial charge on any atom is 0.260 e. The standard InChI is InChI=1S/C52H36B3N3O3S2/c1-28-18-39-50-42(19-28)57(30-12-6-5-7-13-30)40-16-10-8-14-32(40)53(50)34-24-36-45(26-38(34)56-39)60-47-20-29(2)21-48-52(47)55(36)37-25-35-41(27-46(37)61-48)58(63-4)43-22-31(62-3)23-49-51(43)54(35)33-15-9-11-17-44(33)59-49/h5-27,56H,1-4H3. The first-order chi connectivity index (χ1) is 30.9. The zero-order valence-corrected chi connectivity index (χ0v) is 36.6. The first-order valence-corrected chi connectivity index (χ1v) is 23.9. The summed E-state index contributed by atoms with van der Waals surface area (Å²) in [5.41, 5.74) is 21.2. The van der Waals surface area contributed by atoms with E-state index in [0.717, 1.165) is 84.9 Å². The van der Waals surface area contributed by atoms with Crippen molar-refractivity contribution in [1.82, 2.24) is 0 Å². The lowest BCUT2D eigenvalue weighted by atomic mass is 9.30. The van der Waals surface area contributed by atoms with Crippen molar-refractivity contribution in [1.29, 1.82) is 0 Å². The Balaban J connectivity index is 1.00. The van der Waals surface area contributed by atoms with Crippen LogP contribution in [0.5, 0.6) is 34.5 Å². The summed E-state index contributed by atoms with van der Waals surface area (Å²) in [7, 11) is 0. The minimum absolute atomic E-state index is 0.00465. The Morgan fingerprint density at radius 2 is 1.10 bits per heavy atom. The van der Waals surface area contributed by atoms with E-state index in [4.69, 9.17) is 14.2 Å². The molecule has 0 saturated carbocycles. The van der Waals surface area contributed by atoms with Crippen molar-refractivity contribution in [2.75, 3.05) is 27.0 Å². The van der Waals surface area contributed by atoms with Crippen molar-refractivity contribution in [3.63, 3.8) is 0 Å². The molecule has 8 aromatic carbocycles. The van der Waals surface area contributed by atoms with Gasteiger partial charge < -0.3 is 24.4 Å². The Morgan fingerprint density at radius 1 is 0.444 bits per heavy atom. The van der Waals surface area contributed by atoms with Gasteiger partial charge in [0.15, 0.2) is 0 Å². The molecule has 0 atom stereocenters. The molecule has 63 heavy (non-hydrogen) atoms. The van der Waals surface area contributed by atoms with Crippen molar-refractivity contribution in [3.8, 4) is 34.5 Å². The van der Waals surface area contributed by atoms with E-state index in [9.17, 15) is 0 Å². The number of hydrogen-bond acceptors (Lipinski definition) is 8. The number of nitrogens with zero attached hydrogens (tertiary/aromatic N) is 2. The van der Waals surface area contributed by atoms with Crippen LogP contribution in [0.2, 0.25) is 0 Å². The molecular formula is C52H36B3N3O3S2. The lowest BCUT2D eigenvalue weighted by Gasteiger charge is -2.42. The number of fused-ring (bicyclic) bond motifs is 12. The fraction of sp³-hybridized carbons (Fsp3) is 0.0769. The van der Waals surface area contributed by atoms with Crippen LogP contribution in [0.25, 0.3) is 0 Å². The van der Waals surface area contributed by atoms with Gasteiger partial charge in [-0.1, -0.05) is 66.7 Å². The highest BCUT2D eigenvalue weighted by molar-refractivity contribution is 8.00. The lowest BCUT2D eigenvalue weighted by molar-refractivity contribution is 0.464. The molecule has 0 amide bonds. The summed E-state index contributed by atoms with van der Waals surface area (Å²) in [6, 6.07) is 51.2. The molecule has 1 N–H and O–H groups in total. The molecule has 298 valence electrons. The molecule has 0 aliphatic carbocycles. The van der Waals surface area contributed by atoms with Crippen LogP contribution in [-0.2, 0) is 0 Å². The molecular weight excluding hydrogens is 811 g/mol. The van der Waals surface area contributed by atoms with Gasteiger partial charge in [-0.2, -0.15) is 0 Å². The van der Waals surface area contributed by atoms with Crippen LogP contribution in [0, 0.1) is 13.8 Å². The number of rotatable bonds is 3. The Hall–Kier alpha value is -6.55. The number of para-hydroxylation sites is 3. The summed E-state index contributed by atoms with van der Waals surface area (Å²) in [5.74, 6) is 5.27. The minimum atomic E-state index is -0.130. The van der Waals surface area contributed by atoms with E-state index in [1.54, 1.807) is 23.7 Å². The molecule has 6 nitrogen and oxygen atoms in total. The largest absolute Gasteiger partial charge is 0.458 e. The van der Waals surface area contributed by atoms with Gasteiger partial charge in [0.2, 0.25) is 0 Å². The monoisotopic (exact) mass is 847 g/mol. The zero-order valence-electron chi connectivity index (χ0n) is 34.9. The van der Waals surface area contributed by atoms with E-state index in [1.165, 1.54) is 54.6 Å². The third-order valence-electron chi connectivity index (χ3n) is 13.9. The second-order valence-electron chi connectivity index (χ2n) is 17.4. The highest BCUT2D eigenvalue weighted by atomic mass is 32.2. The molecule has 14 rings (SSSR count). The predicted molar refractivity (Wildman–Crippen MR) is 268 cm³/mol. The second-order valence-corrected chi connectivity index (χ2v) is 19.0. The second kappa shape index (κ2) is 13.0. The number of aryl methyl sites for hydroxylation is 2. The van der Waals surface area contributed by atoms with E-state index in [0.29, 0.717) is 0 Å². The summed E-state index contributed by atoms with van der Waals surface area (Å²) in [6.07, 6.45) is 4.29. The molecule has 0 aromatic heterocycles. The summed E-state index contributed by atoms with van der Waals surface area (Å²) < 4.78 is 23.2. The van der Waals surface area contributed by atoms with Crippen molar-refractivity contribution in [2.24, 2.45) is 0 Å². The number of ether oxygens (including phenoxy) is 3. The van der Waals surface area contributed by atoms with Gasteiger partial charge in [-0.05, 0) is 148 Å². The maximum absolute atomic E-state index is 7.06. The summed E-state index contributed by atoms with van der Waals surface area (Å²) in [6.45, 7) is 4.17. The Kier molecular flexibility index (Phi) is 7.43. The molecule has 11 heteroatoms. The smallest absolute Gasteiger partial charge is 0.260 e. The molecule has 6 aliphatic rings. The average molecular weight is 847 g/mol. The maximum atomic E-state index is 7.06. The Morgan fingerprint density at radius 3 is 1.89 bits per heavy atom. The summed E-state index contributed by atoms with van der Waals surface area (Å²) >= 11 is 3.46. The fourth-order valence-electron chi connectivity index (χ4n) is 11.4. The van der Waals surface area contributed by atoms with E-state index >= 15 is 0 Å². The number of nitrogens with one attached hydrogen (secondary N) is 1. The van der Waals surface area contributed by atoms with Crippen LogP contribution in [0.1, 0.15) is 11.1 Å². The number of benzene rings is 8. The first-order valence-electron chi connectivity index (χ1n) is 21.5. The van der Waals surface area contributed by atoms with Gasteiger partial charge in [0, 0.05) is 57.2 Å². The van der Waals surface area contributed by atoms with Gasteiger partial charge in [-0.3, -0.25) is 4.31 Å². The highest BCUT2D eigenvalue weighted by Gasteiger charge is 2.48. The van der Waals surface area contributed by atoms with Crippen LogP contribution in [0.4, 0.5) is 39.8 Å². The highest BCUT2D eigenvalue weighted by Crippen LogP contribution is 2.45. The van der Waals surface area contributed by atoms with Gasteiger partial charge in [-0.15, -0.1) is 11.8 Å². The third kappa shape index (κ3) is 4.92. The average Bonchev–Trinajstić information content (AvgIpc) is 3.30. The Bertz CT molecular complexity index is 3370. The van der Waals surface area contributed by atoms with Crippen LogP contribution < -0.4 is 77.9 Å². The van der Waals surface area contributed by atoms with Crippen molar-refractivity contribution >= 4 is 133 Å². The van der Waals surface area contributed by atoms with Gasteiger partial charge in [0.25, 0.3) is 20.1 Å². The molecule has 0 radical (unpaired) electrons. The first kappa shape index (κ1) is 36.0. The van der Waals surface area contributed by atoms with Gasteiger partial charge in [-0.25, -0.2) is 0 Å². The van der Waals surface area contributed by atoms with Crippen molar-refractivity contribution in [2.45, 2.75) is 18.7 Å². The molecule has 6 heterocycles. The topological polar surface area (TPSA) is 46.2 Å². The van der Waals surface area contributed by atoms with E-state index in [-0.39, 0.29) is 20.1 Å². The normalized spacial score (nSPS) is 14.5. The van der Waals surface area contributed by atoms with E-state index in [2.05, 4.69) is 180 Å². The van der Waals surface area contributed by atoms with E-state index < -0.39 is 0 Å². The minimum Gasteiger partial charge on any atom is -0.458 e. The van der Waals surface area contributed by atoms with Gasteiger partial charge >= 0.3 is 0 Å². The number of thioether (sulfide) groups is 1. The fourth-order valence-corrected chi connectivity index (χ4v) is 12.6. The van der Waals surface area contributed by atoms with Gasteiger partial charge in [0.1, 0.15) is 34.5 Å².